The molecule has 122 valence electrons. The van der Waals surface area contributed by atoms with Crippen molar-refractivity contribution in [1.29, 1.82) is 0 Å². The van der Waals surface area contributed by atoms with Crippen molar-refractivity contribution in [2.45, 2.75) is 18.2 Å². The summed E-state index contributed by atoms with van der Waals surface area (Å²) >= 11 is 0. The van der Waals surface area contributed by atoms with Crippen molar-refractivity contribution < 1.29 is 17.9 Å². The molecule has 0 aliphatic heterocycles. The summed E-state index contributed by atoms with van der Waals surface area (Å²) in [6, 6.07) is 12.4. The number of carbonyl (C=O) groups excluding carboxylic acids is 1. The zero-order valence-corrected chi connectivity index (χ0v) is 13.5. The van der Waals surface area contributed by atoms with Gasteiger partial charge in [-0.15, -0.1) is 0 Å². The van der Waals surface area contributed by atoms with E-state index in [9.17, 15) is 13.2 Å². The summed E-state index contributed by atoms with van der Waals surface area (Å²) in [4.78, 5) is 12.1. The van der Waals surface area contributed by atoms with E-state index in [1.54, 1.807) is 24.3 Å². The van der Waals surface area contributed by atoms with Gasteiger partial charge in [-0.05, 0) is 55.0 Å². The Morgan fingerprint density at radius 3 is 2.22 bits per heavy atom. The molecule has 1 amide bonds. The van der Waals surface area contributed by atoms with Crippen LogP contribution in [0.1, 0.15) is 23.7 Å². The second kappa shape index (κ2) is 7.26. The number of primary sulfonamides is 1. The monoisotopic (exact) mass is 334 g/mol. The minimum absolute atomic E-state index is 0.00655. The lowest BCUT2D eigenvalue weighted by Crippen LogP contribution is -2.13. The quantitative estimate of drug-likeness (QED) is 0.847. The molecular formula is C16H18N2O4S. The number of amides is 1. The van der Waals surface area contributed by atoms with Crippen molar-refractivity contribution in [3.05, 3.63) is 54.1 Å². The number of ether oxygens (including phenoxy) is 1. The van der Waals surface area contributed by atoms with E-state index < -0.39 is 10.0 Å². The van der Waals surface area contributed by atoms with Gasteiger partial charge < -0.3 is 10.1 Å². The predicted molar refractivity (Wildman–Crippen MR) is 88.0 cm³/mol. The van der Waals surface area contributed by atoms with Crippen LogP contribution < -0.4 is 15.2 Å². The van der Waals surface area contributed by atoms with Gasteiger partial charge >= 0.3 is 0 Å². The Morgan fingerprint density at radius 1 is 1.09 bits per heavy atom. The fourth-order valence-corrected chi connectivity index (χ4v) is 2.37. The summed E-state index contributed by atoms with van der Waals surface area (Å²) in [7, 11) is -3.74. The van der Waals surface area contributed by atoms with E-state index in [1.165, 1.54) is 24.3 Å². The van der Waals surface area contributed by atoms with Crippen molar-refractivity contribution in [3.63, 3.8) is 0 Å². The third-order valence-corrected chi connectivity index (χ3v) is 3.96. The molecule has 0 saturated heterocycles. The Morgan fingerprint density at radius 2 is 1.70 bits per heavy atom. The maximum atomic E-state index is 12.1. The molecule has 2 aromatic rings. The third kappa shape index (κ3) is 4.80. The molecule has 6 nitrogen and oxygen atoms in total. The van der Waals surface area contributed by atoms with Crippen LogP contribution in [0.5, 0.6) is 5.75 Å². The second-order valence-corrected chi connectivity index (χ2v) is 6.46. The van der Waals surface area contributed by atoms with Crippen LogP contribution in [0, 0.1) is 0 Å². The molecule has 0 aliphatic carbocycles. The number of sulfonamides is 1. The number of hydrogen-bond acceptors (Lipinski definition) is 4. The summed E-state index contributed by atoms with van der Waals surface area (Å²) < 4.78 is 27.8. The summed E-state index contributed by atoms with van der Waals surface area (Å²) in [6.45, 7) is 2.64. The molecule has 2 rings (SSSR count). The van der Waals surface area contributed by atoms with E-state index in [4.69, 9.17) is 9.88 Å². The molecule has 0 fully saturated rings. The molecule has 7 heteroatoms. The topological polar surface area (TPSA) is 98.5 Å². The van der Waals surface area contributed by atoms with Gasteiger partial charge in [-0.3, -0.25) is 4.79 Å². The first kappa shape index (κ1) is 17.0. The molecule has 0 heterocycles. The standard InChI is InChI=1S/C16H18N2O4S/c1-2-11-22-14-7-3-12(4-8-14)16(19)18-13-5-9-15(10-6-13)23(17,20)21/h3-10H,2,11H2,1H3,(H,18,19)(H2,17,20,21). The maximum absolute atomic E-state index is 12.1. The van der Waals surface area contributed by atoms with E-state index >= 15 is 0 Å². The van der Waals surface area contributed by atoms with Crippen molar-refractivity contribution in [1.82, 2.24) is 0 Å². The molecule has 3 N–H and O–H groups in total. The van der Waals surface area contributed by atoms with Crippen LogP contribution >= 0.6 is 0 Å². The first-order valence-corrected chi connectivity index (χ1v) is 8.62. The number of carbonyl (C=O) groups is 1. The highest BCUT2D eigenvalue weighted by Gasteiger charge is 2.09. The van der Waals surface area contributed by atoms with Crippen LogP contribution in [0.3, 0.4) is 0 Å². The zero-order valence-electron chi connectivity index (χ0n) is 12.7. The van der Waals surface area contributed by atoms with Crippen molar-refractivity contribution in [2.75, 3.05) is 11.9 Å². The number of nitrogens with two attached hydrogens (primary N) is 1. The number of rotatable bonds is 6. The minimum atomic E-state index is -3.74. The molecule has 0 aromatic heterocycles. The smallest absolute Gasteiger partial charge is 0.255 e. The third-order valence-electron chi connectivity index (χ3n) is 3.03. The van der Waals surface area contributed by atoms with Gasteiger partial charge in [-0.1, -0.05) is 6.92 Å². The Labute approximate surface area is 135 Å². The summed E-state index contributed by atoms with van der Waals surface area (Å²) in [5.41, 5.74) is 0.957. The molecule has 0 atom stereocenters. The van der Waals surface area contributed by atoms with Crippen LogP contribution in [0.2, 0.25) is 0 Å². The summed E-state index contributed by atoms with van der Waals surface area (Å²) in [5, 5.41) is 7.71. The summed E-state index contributed by atoms with van der Waals surface area (Å²) in [6.07, 6.45) is 0.913. The molecule has 0 bridgehead atoms. The first-order chi connectivity index (χ1) is 10.9. The number of benzene rings is 2. The molecule has 2 aromatic carbocycles. The van der Waals surface area contributed by atoms with Gasteiger partial charge in [-0.2, -0.15) is 0 Å². The lowest BCUT2D eigenvalue weighted by Gasteiger charge is -2.08. The molecule has 0 unspecified atom stereocenters. The highest BCUT2D eigenvalue weighted by atomic mass is 32.2. The van der Waals surface area contributed by atoms with E-state index in [0.717, 1.165) is 6.42 Å². The van der Waals surface area contributed by atoms with Crippen LogP contribution in [0.4, 0.5) is 5.69 Å². The fraction of sp³-hybridized carbons (Fsp3) is 0.188. The number of anilines is 1. The van der Waals surface area contributed by atoms with E-state index in [0.29, 0.717) is 23.6 Å². The molecule has 0 spiro atoms. The van der Waals surface area contributed by atoms with Crippen molar-refractivity contribution in [2.24, 2.45) is 5.14 Å². The number of hydrogen-bond donors (Lipinski definition) is 2. The van der Waals surface area contributed by atoms with Crippen LogP contribution in [-0.4, -0.2) is 20.9 Å². The molecule has 0 saturated carbocycles. The largest absolute Gasteiger partial charge is 0.494 e. The Balaban J connectivity index is 2.04. The SMILES string of the molecule is CCCOc1ccc(C(=O)Nc2ccc(S(N)(=O)=O)cc2)cc1. The van der Waals surface area contributed by atoms with Gasteiger partial charge in [0.2, 0.25) is 10.0 Å². The van der Waals surface area contributed by atoms with E-state index in [1.807, 2.05) is 6.92 Å². The number of nitrogens with one attached hydrogen (secondary N) is 1. The highest BCUT2D eigenvalue weighted by molar-refractivity contribution is 7.89. The van der Waals surface area contributed by atoms with Crippen molar-refractivity contribution in [3.8, 4) is 5.75 Å². The predicted octanol–water partition coefficient (Wildman–Crippen LogP) is 2.38. The lowest BCUT2D eigenvalue weighted by atomic mass is 10.2. The molecule has 0 aliphatic rings. The lowest BCUT2D eigenvalue weighted by molar-refractivity contribution is 0.102. The average molecular weight is 334 g/mol. The van der Waals surface area contributed by atoms with Crippen LogP contribution in [0.15, 0.2) is 53.4 Å². The van der Waals surface area contributed by atoms with Gasteiger partial charge in [0.05, 0.1) is 11.5 Å². The maximum Gasteiger partial charge on any atom is 0.255 e. The summed E-state index contributed by atoms with van der Waals surface area (Å²) in [5.74, 6) is 0.413. The molecule has 23 heavy (non-hydrogen) atoms. The Hall–Kier alpha value is -2.38. The molecule has 0 radical (unpaired) electrons. The van der Waals surface area contributed by atoms with Crippen LogP contribution in [0.25, 0.3) is 0 Å². The first-order valence-electron chi connectivity index (χ1n) is 7.07. The minimum Gasteiger partial charge on any atom is -0.494 e. The average Bonchev–Trinajstić information content (AvgIpc) is 2.53. The van der Waals surface area contributed by atoms with E-state index in [2.05, 4.69) is 5.32 Å². The fourth-order valence-electron chi connectivity index (χ4n) is 1.85. The second-order valence-electron chi connectivity index (χ2n) is 4.90. The van der Waals surface area contributed by atoms with Gasteiger partial charge in [0.1, 0.15) is 5.75 Å². The van der Waals surface area contributed by atoms with Gasteiger partial charge in [0.15, 0.2) is 0 Å². The zero-order chi connectivity index (χ0) is 16.9. The highest BCUT2D eigenvalue weighted by Crippen LogP contribution is 2.16. The Kier molecular flexibility index (Phi) is 5.36. The van der Waals surface area contributed by atoms with E-state index in [-0.39, 0.29) is 10.8 Å². The van der Waals surface area contributed by atoms with Crippen LogP contribution in [-0.2, 0) is 10.0 Å². The van der Waals surface area contributed by atoms with Crippen molar-refractivity contribution >= 4 is 21.6 Å². The Bertz CT molecular complexity index is 769. The normalized spacial score (nSPS) is 11.0. The van der Waals surface area contributed by atoms with Gasteiger partial charge in [-0.25, -0.2) is 13.6 Å². The van der Waals surface area contributed by atoms with Gasteiger partial charge in [0, 0.05) is 11.3 Å². The van der Waals surface area contributed by atoms with Gasteiger partial charge in [0.25, 0.3) is 5.91 Å². The molecular weight excluding hydrogens is 316 g/mol.